The average Bonchev–Trinajstić information content (AvgIpc) is 3.00. The Hall–Kier alpha value is -2.74. The molecule has 0 aliphatic rings. The zero-order chi connectivity index (χ0) is 16.7. The summed E-state index contributed by atoms with van der Waals surface area (Å²) in [6, 6.07) is 8.69. The van der Waals surface area contributed by atoms with Crippen LogP contribution in [0.15, 0.2) is 35.7 Å². The molecule has 0 spiro atoms. The Kier molecular flexibility index (Phi) is 5.81. The van der Waals surface area contributed by atoms with Crippen LogP contribution in [0.3, 0.4) is 0 Å². The lowest BCUT2D eigenvalue weighted by Crippen LogP contribution is -2.25. The monoisotopic (exact) mass is 333 g/mol. The average molecular weight is 333 g/mol. The molecule has 120 valence electrons. The molecular weight excluding hydrogens is 318 g/mol. The van der Waals surface area contributed by atoms with E-state index in [1.807, 2.05) is 6.07 Å². The number of carboxylic acid groups (broad SMARTS) is 1. The number of aliphatic carboxylic acids is 1. The van der Waals surface area contributed by atoms with Gasteiger partial charge in [-0.25, -0.2) is 4.98 Å². The molecule has 1 heterocycles. The Bertz CT molecular complexity index is 700. The summed E-state index contributed by atoms with van der Waals surface area (Å²) in [4.78, 5) is 38.2. The summed E-state index contributed by atoms with van der Waals surface area (Å²) in [5.41, 5.74) is 0.691. The lowest BCUT2D eigenvalue weighted by Gasteiger charge is -2.02. The maximum atomic E-state index is 12.0. The van der Waals surface area contributed by atoms with Gasteiger partial charge in [0.15, 0.2) is 5.13 Å². The van der Waals surface area contributed by atoms with Crippen molar-refractivity contribution in [3.63, 3.8) is 0 Å². The van der Waals surface area contributed by atoms with E-state index >= 15 is 0 Å². The van der Waals surface area contributed by atoms with E-state index in [-0.39, 0.29) is 24.6 Å². The zero-order valence-corrected chi connectivity index (χ0v) is 12.9. The zero-order valence-electron chi connectivity index (χ0n) is 12.1. The van der Waals surface area contributed by atoms with Crippen LogP contribution in [0.5, 0.6) is 0 Å². The minimum Gasteiger partial charge on any atom is -0.481 e. The van der Waals surface area contributed by atoms with Crippen LogP contribution in [0.4, 0.5) is 5.13 Å². The van der Waals surface area contributed by atoms with Gasteiger partial charge in [0.05, 0.1) is 0 Å². The van der Waals surface area contributed by atoms with Crippen LogP contribution < -0.4 is 10.6 Å². The van der Waals surface area contributed by atoms with Gasteiger partial charge in [0.2, 0.25) is 0 Å². The first-order chi connectivity index (χ1) is 11.1. The molecule has 0 aliphatic carbocycles. The largest absolute Gasteiger partial charge is 0.481 e. The minimum atomic E-state index is -0.904. The number of aromatic nitrogens is 1. The molecule has 0 bridgehead atoms. The Balaban J connectivity index is 1.86. The first-order valence-corrected chi connectivity index (χ1v) is 7.76. The number of carbonyl (C=O) groups is 3. The molecule has 0 radical (unpaired) electrons. The van der Waals surface area contributed by atoms with Crippen LogP contribution in [-0.4, -0.2) is 34.4 Å². The number of benzene rings is 1. The fourth-order valence-corrected chi connectivity index (χ4v) is 2.41. The highest BCUT2D eigenvalue weighted by molar-refractivity contribution is 7.14. The summed E-state index contributed by atoms with van der Waals surface area (Å²) >= 11 is 1.15. The maximum Gasteiger partial charge on any atom is 0.303 e. The highest BCUT2D eigenvalue weighted by Gasteiger charge is 2.13. The summed E-state index contributed by atoms with van der Waals surface area (Å²) in [5.74, 6) is -1.60. The molecule has 0 unspecified atom stereocenters. The molecule has 3 N–H and O–H groups in total. The minimum absolute atomic E-state index is 0.00424. The summed E-state index contributed by atoms with van der Waals surface area (Å²) in [6.45, 7) is 0.258. The van der Waals surface area contributed by atoms with Crippen molar-refractivity contribution < 1.29 is 19.5 Å². The van der Waals surface area contributed by atoms with Crippen LogP contribution >= 0.6 is 11.3 Å². The van der Waals surface area contributed by atoms with E-state index in [1.165, 1.54) is 5.38 Å². The molecule has 7 nitrogen and oxygen atoms in total. The first-order valence-electron chi connectivity index (χ1n) is 6.88. The van der Waals surface area contributed by atoms with E-state index in [1.54, 1.807) is 24.3 Å². The lowest BCUT2D eigenvalue weighted by molar-refractivity contribution is -0.137. The van der Waals surface area contributed by atoms with Crippen molar-refractivity contribution in [1.29, 1.82) is 0 Å². The fourth-order valence-electron chi connectivity index (χ4n) is 1.73. The fraction of sp³-hybridized carbons (Fsp3) is 0.200. The molecule has 2 amide bonds. The van der Waals surface area contributed by atoms with Gasteiger partial charge in [-0.1, -0.05) is 18.2 Å². The Morgan fingerprint density at radius 2 is 1.87 bits per heavy atom. The predicted molar refractivity (Wildman–Crippen MR) is 85.7 cm³/mol. The van der Waals surface area contributed by atoms with Gasteiger partial charge in [0.1, 0.15) is 5.69 Å². The quantitative estimate of drug-likeness (QED) is 0.672. The van der Waals surface area contributed by atoms with Crippen LogP contribution in [0.25, 0.3) is 0 Å². The third-order valence-electron chi connectivity index (χ3n) is 2.85. The standard InChI is InChI=1S/C15H15N3O4S/c19-12(20)7-4-8-16-14(22)11-9-23-15(17-11)18-13(21)10-5-2-1-3-6-10/h1-3,5-6,9H,4,7-8H2,(H,16,22)(H,19,20)(H,17,18,21). The molecule has 0 fully saturated rings. The molecule has 8 heteroatoms. The van der Waals surface area contributed by atoms with Gasteiger partial charge in [-0.05, 0) is 18.6 Å². The second kappa shape index (κ2) is 8.04. The van der Waals surface area contributed by atoms with Crippen molar-refractivity contribution in [3.05, 3.63) is 47.0 Å². The molecule has 0 saturated carbocycles. The van der Waals surface area contributed by atoms with Crippen LogP contribution in [0.1, 0.15) is 33.7 Å². The van der Waals surface area contributed by atoms with Gasteiger partial charge in [-0.3, -0.25) is 19.7 Å². The highest BCUT2D eigenvalue weighted by atomic mass is 32.1. The highest BCUT2D eigenvalue weighted by Crippen LogP contribution is 2.16. The second-order valence-electron chi connectivity index (χ2n) is 4.61. The van der Waals surface area contributed by atoms with Crippen LogP contribution in [0.2, 0.25) is 0 Å². The number of nitrogens with zero attached hydrogens (tertiary/aromatic N) is 1. The smallest absolute Gasteiger partial charge is 0.303 e. The number of rotatable bonds is 7. The van der Waals surface area contributed by atoms with Gasteiger partial charge >= 0.3 is 5.97 Å². The third kappa shape index (κ3) is 5.19. The number of hydrogen-bond donors (Lipinski definition) is 3. The first kappa shape index (κ1) is 16.6. The second-order valence-corrected chi connectivity index (χ2v) is 5.47. The molecular formula is C15H15N3O4S. The Morgan fingerprint density at radius 3 is 2.57 bits per heavy atom. The number of hydrogen-bond acceptors (Lipinski definition) is 5. The number of anilines is 1. The Morgan fingerprint density at radius 1 is 1.13 bits per heavy atom. The summed E-state index contributed by atoms with van der Waals surface area (Å²) < 4.78 is 0. The number of carbonyl (C=O) groups excluding carboxylic acids is 2. The van der Waals surface area contributed by atoms with Gasteiger partial charge in [0.25, 0.3) is 11.8 Å². The predicted octanol–water partition coefficient (Wildman–Crippen LogP) is 1.99. The number of amides is 2. The topological polar surface area (TPSA) is 108 Å². The molecule has 23 heavy (non-hydrogen) atoms. The molecule has 1 aromatic carbocycles. The van der Waals surface area contributed by atoms with E-state index in [0.717, 1.165) is 11.3 Å². The third-order valence-corrected chi connectivity index (χ3v) is 3.60. The molecule has 0 saturated heterocycles. The molecule has 0 aliphatic heterocycles. The number of nitrogens with one attached hydrogen (secondary N) is 2. The van der Waals surface area contributed by atoms with Crippen LogP contribution in [-0.2, 0) is 4.79 Å². The number of carboxylic acids is 1. The van der Waals surface area contributed by atoms with Crippen LogP contribution in [0, 0.1) is 0 Å². The van der Waals surface area contributed by atoms with E-state index < -0.39 is 11.9 Å². The van der Waals surface area contributed by atoms with Gasteiger partial charge < -0.3 is 10.4 Å². The summed E-state index contributed by atoms with van der Waals surface area (Å²) in [7, 11) is 0. The summed E-state index contributed by atoms with van der Waals surface area (Å²) in [5, 5.41) is 15.6. The molecule has 2 aromatic rings. The SMILES string of the molecule is O=C(O)CCCNC(=O)c1csc(NC(=O)c2ccccc2)n1. The lowest BCUT2D eigenvalue weighted by atomic mass is 10.2. The van der Waals surface area contributed by atoms with Crippen molar-refractivity contribution in [3.8, 4) is 0 Å². The molecule has 0 atom stereocenters. The maximum absolute atomic E-state index is 12.0. The van der Waals surface area contributed by atoms with E-state index in [0.29, 0.717) is 17.1 Å². The van der Waals surface area contributed by atoms with Crippen molar-refractivity contribution in [1.82, 2.24) is 10.3 Å². The molecule has 1 aromatic heterocycles. The van der Waals surface area contributed by atoms with Crippen molar-refractivity contribution in [2.45, 2.75) is 12.8 Å². The van der Waals surface area contributed by atoms with E-state index in [4.69, 9.17) is 5.11 Å². The van der Waals surface area contributed by atoms with E-state index in [9.17, 15) is 14.4 Å². The van der Waals surface area contributed by atoms with Gasteiger partial charge in [-0.2, -0.15) is 0 Å². The van der Waals surface area contributed by atoms with Gasteiger partial charge in [-0.15, -0.1) is 11.3 Å². The van der Waals surface area contributed by atoms with Crippen molar-refractivity contribution in [2.75, 3.05) is 11.9 Å². The number of thiazole rings is 1. The molecule has 2 rings (SSSR count). The van der Waals surface area contributed by atoms with Crippen molar-refractivity contribution >= 4 is 34.3 Å². The summed E-state index contributed by atoms with van der Waals surface area (Å²) in [6.07, 6.45) is 0.346. The normalized spacial score (nSPS) is 10.1. The van der Waals surface area contributed by atoms with E-state index in [2.05, 4.69) is 15.6 Å². The Labute approximate surface area is 136 Å². The van der Waals surface area contributed by atoms with Crippen molar-refractivity contribution in [2.24, 2.45) is 0 Å². The van der Waals surface area contributed by atoms with Gasteiger partial charge in [0, 0.05) is 23.9 Å².